The Balaban J connectivity index is 1.56. The maximum atomic E-state index is 5.20. The van der Waals surface area contributed by atoms with Gasteiger partial charge in [-0.15, -0.1) is 0 Å². The third-order valence-corrected chi connectivity index (χ3v) is 8.97. The van der Waals surface area contributed by atoms with E-state index in [0.717, 1.165) is 27.6 Å². The Kier molecular flexibility index (Phi) is 3.84. The predicted molar refractivity (Wildman–Crippen MR) is 171 cm³/mol. The molecule has 0 atom stereocenters. The van der Waals surface area contributed by atoms with Crippen LogP contribution in [-0.4, -0.2) is 18.9 Å². The molecule has 4 heteroatoms. The Bertz CT molecular complexity index is 2710. The summed E-state index contributed by atoms with van der Waals surface area (Å²) in [6, 6.07) is 41.4. The van der Waals surface area contributed by atoms with Gasteiger partial charge in [-0.2, -0.15) is 0 Å². The second kappa shape index (κ2) is 7.38. The topological polar surface area (TPSA) is 35.1 Å². The lowest BCUT2D eigenvalue weighted by atomic mass is 10.0. The number of hydrogen-bond donors (Lipinski definition) is 0. The van der Waals surface area contributed by atoms with Crippen molar-refractivity contribution >= 4 is 81.6 Å². The highest BCUT2D eigenvalue weighted by molar-refractivity contribution is 6.35. The summed E-state index contributed by atoms with van der Waals surface area (Å²) >= 11 is 0. The van der Waals surface area contributed by atoms with Gasteiger partial charge >= 0.3 is 0 Å². The maximum Gasteiger partial charge on any atom is 0.235 e. The molecule has 6 aromatic carbocycles. The lowest BCUT2D eigenvalue weighted by molar-refractivity contribution is 0.994. The van der Waals surface area contributed by atoms with Crippen molar-refractivity contribution in [1.82, 2.24) is 18.9 Å². The van der Waals surface area contributed by atoms with Crippen molar-refractivity contribution in [2.45, 2.75) is 6.92 Å². The Morgan fingerprint density at radius 3 is 2.00 bits per heavy atom. The Hall–Kier alpha value is -5.48. The molecule has 4 nitrogen and oxygen atoms in total. The molecule has 4 heterocycles. The van der Waals surface area contributed by atoms with E-state index in [-0.39, 0.29) is 0 Å². The van der Waals surface area contributed by atoms with Crippen molar-refractivity contribution in [1.29, 1.82) is 0 Å². The number of aromatic nitrogens is 4. The van der Waals surface area contributed by atoms with Crippen molar-refractivity contribution in [3.05, 3.63) is 121 Å². The molecule has 0 saturated carbocycles. The van der Waals surface area contributed by atoms with Crippen LogP contribution in [-0.2, 0) is 0 Å². The molecule has 0 spiro atoms. The van der Waals surface area contributed by atoms with E-state index in [1.54, 1.807) is 0 Å². The summed E-state index contributed by atoms with van der Waals surface area (Å²) in [5.41, 5.74) is 7.96. The molecule has 190 valence electrons. The normalized spacial score (nSPS) is 12.5. The van der Waals surface area contributed by atoms with Gasteiger partial charge in [0.1, 0.15) is 0 Å². The fourth-order valence-electron chi connectivity index (χ4n) is 7.29. The average molecular weight is 523 g/mol. The Morgan fingerprint density at radius 1 is 0.488 bits per heavy atom. The molecule has 0 N–H and O–H groups in total. The van der Waals surface area contributed by atoms with Crippen LogP contribution < -0.4 is 0 Å². The highest BCUT2D eigenvalue weighted by atomic mass is 15.2. The zero-order chi connectivity index (χ0) is 26.8. The number of rotatable bonds is 1. The smallest absolute Gasteiger partial charge is 0.235 e. The lowest BCUT2D eigenvalue weighted by Gasteiger charge is -2.11. The molecule has 0 aliphatic rings. The molecule has 0 aliphatic heterocycles. The van der Waals surface area contributed by atoms with Gasteiger partial charge in [-0.3, -0.25) is 4.57 Å². The molecule has 41 heavy (non-hydrogen) atoms. The van der Waals surface area contributed by atoms with Crippen LogP contribution in [0.4, 0.5) is 0 Å². The van der Waals surface area contributed by atoms with Crippen LogP contribution in [0.3, 0.4) is 0 Å². The van der Waals surface area contributed by atoms with E-state index < -0.39 is 0 Å². The number of nitrogens with zero attached hydrogens (tertiary/aromatic N) is 4. The van der Waals surface area contributed by atoms with Crippen molar-refractivity contribution in [3.8, 4) is 5.95 Å². The van der Waals surface area contributed by atoms with Crippen molar-refractivity contribution < 1.29 is 0 Å². The van der Waals surface area contributed by atoms with Gasteiger partial charge in [0, 0.05) is 43.1 Å². The van der Waals surface area contributed by atoms with Gasteiger partial charge in [0.2, 0.25) is 5.95 Å². The number of aryl methyl sites for hydroxylation is 1. The number of fused-ring (bicyclic) bond motifs is 13. The van der Waals surface area contributed by atoms with Crippen molar-refractivity contribution in [3.63, 3.8) is 0 Å². The van der Waals surface area contributed by atoms with Crippen LogP contribution in [0.5, 0.6) is 0 Å². The average Bonchev–Trinajstić information content (AvgIpc) is 3.65. The SMILES string of the molecule is Cc1nc(-n2c3c4ccccc4ccc3c3cc4c5ccccc5n5c6ccccc6c(c32)c45)nc2ccccc12. The summed E-state index contributed by atoms with van der Waals surface area (Å²) in [6.45, 7) is 2.09. The zero-order valence-electron chi connectivity index (χ0n) is 22.3. The van der Waals surface area contributed by atoms with Crippen LogP contribution in [0.1, 0.15) is 5.69 Å². The van der Waals surface area contributed by atoms with E-state index in [1.807, 2.05) is 0 Å². The third kappa shape index (κ3) is 2.56. The Morgan fingerprint density at radius 2 is 1.15 bits per heavy atom. The molecule has 0 saturated heterocycles. The maximum absolute atomic E-state index is 5.20. The summed E-state index contributed by atoms with van der Waals surface area (Å²) < 4.78 is 4.78. The summed E-state index contributed by atoms with van der Waals surface area (Å²) in [4.78, 5) is 10.4. The van der Waals surface area contributed by atoms with Gasteiger partial charge in [-0.05, 0) is 36.6 Å². The zero-order valence-corrected chi connectivity index (χ0v) is 22.3. The lowest BCUT2D eigenvalue weighted by Crippen LogP contribution is -2.03. The molecular weight excluding hydrogens is 500 g/mol. The first-order chi connectivity index (χ1) is 20.3. The third-order valence-electron chi connectivity index (χ3n) is 8.97. The summed E-state index contributed by atoms with van der Waals surface area (Å²) in [5, 5.41) is 11.0. The second-order valence-electron chi connectivity index (χ2n) is 11.1. The fraction of sp³-hybridized carbons (Fsp3) is 0.0270. The molecule has 0 aliphatic carbocycles. The highest BCUT2D eigenvalue weighted by Crippen LogP contribution is 2.47. The minimum atomic E-state index is 0.709. The van der Waals surface area contributed by atoms with E-state index in [4.69, 9.17) is 9.97 Å². The Labute approximate surface area is 234 Å². The van der Waals surface area contributed by atoms with Crippen LogP contribution >= 0.6 is 0 Å². The summed E-state index contributed by atoms with van der Waals surface area (Å²) in [7, 11) is 0. The molecule has 0 unspecified atom stereocenters. The predicted octanol–water partition coefficient (Wildman–Crippen LogP) is 9.34. The van der Waals surface area contributed by atoms with E-state index >= 15 is 0 Å². The minimum Gasteiger partial charge on any atom is -0.308 e. The molecule has 4 aromatic heterocycles. The second-order valence-corrected chi connectivity index (χ2v) is 11.1. The molecule has 0 bridgehead atoms. The first-order valence-corrected chi connectivity index (χ1v) is 14.0. The van der Waals surface area contributed by atoms with Crippen LogP contribution in [0.25, 0.3) is 87.5 Å². The number of benzene rings is 6. The first kappa shape index (κ1) is 21.4. The van der Waals surface area contributed by atoms with Crippen molar-refractivity contribution in [2.75, 3.05) is 0 Å². The van der Waals surface area contributed by atoms with Gasteiger partial charge in [-0.25, -0.2) is 9.97 Å². The molecular formula is C37H22N4. The van der Waals surface area contributed by atoms with Gasteiger partial charge in [-0.1, -0.05) is 91.0 Å². The molecule has 10 aromatic rings. The summed E-state index contributed by atoms with van der Waals surface area (Å²) in [5.74, 6) is 0.709. The van der Waals surface area contributed by atoms with Gasteiger partial charge in [0.05, 0.1) is 38.8 Å². The molecule has 0 radical (unpaired) electrons. The van der Waals surface area contributed by atoms with Gasteiger partial charge in [0.25, 0.3) is 0 Å². The van der Waals surface area contributed by atoms with Gasteiger partial charge < -0.3 is 4.40 Å². The minimum absolute atomic E-state index is 0.709. The number of hydrogen-bond acceptors (Lipinski definition) is 2. The van der Waals surface area contributed by atoms with Gasteiger partial charge in [0.15, 0.2) is 0 Å². The number of para-hydroxylation sites is 3. The van der Waals surface area contributed by atoms with E-state index in [1.165, 1.54) is 59.6 Å². The largest absolute Gasteiger partial charge is 0.308 e. The van der Waals surface area contributed by atoms with E-state index in [9.17, 15) is 0 Å². The molecule has 0 fully saturated rings. The fourth-order valence-corrected chi connectivity index (χ4v) is 7.29. The standard InChI is InChI=1S/C37H22N4/c1-21-23-11-4-7-15-30(23)39-37(38-21)41-34-24-12-3-2-10-22(24)18-19-26(34)29-20-28-25-13-5-8-16-31(25)40-32-17-9-6-14-27(32)33(35(28)40)36(29)41/h2-20H,1H3. The molecule has 10 rings (SSSR count). The van der Waals surface area contributed by atoms with Crippen LogP contribution in [0.15, 0.2) is 115 Å². The highest BCUT2D eigenvalue weighted by Gasteiger charge is 2.25. The molecule has 0 amide bonds. The quantitative estimate of drug-likeness (QED) is 0.215. The van der Waals surface area contributed by atoms with Crippen LogP contribution in [0, 0.1) is 6.92 Å². The van der Waals surface area contributed by atoms with E-state index in [0.29, 0.717) is 5.95 Å². The monoisotopic (exact) mass is 522 g/mol. The first-order valence-electron chi connectivity index (χ1n) is 14.0. The summed E-state index contributed by atoms with van der Waals surface area (Å²) in [6.07, 6.45) is 0. The van der Waals surface area contributed by atoms with E-state index in [2.05, 4.69) is 131 Å². The van der Waals surface area contributed by atoms with Crippen LogP contribution in [0.2, 0.25) is 0 Å². The van der Waals surface area contributed by atoms with Crippen molar-refractivity contribution in [2.24, 2.45) is 0 Å².